The lowest BCUT2D eigenvalue weighted by Gasteiger charge is -2.43. The largest absolute Gasteiger partial charge is 0.467 e. The first-order valence-electron chi connectivity index (χ1n) is 11.1. The molecule has 2 aliphatic heterocycles. The van der Waals surface area contributed by atoms with Gasteiger partial charge in [-0.2, -0.15) is 0 Å². The molecule has 2 fully saturated rings. The molecule has 2 aliphatic rings. The van der Waals surface area contributed by atoms with Crippen molar-refractivity contribution in [3.8, 4) is 0 Å². The lowest BCUT2D eigenvalue weighted by molar-refractivity contribution is -0.307. The molecule has 3 rings (SSSR count). The summed E-state index contributed by atoms with van der Waals surface area (Å²) < 4.78 is 32.3. The monoisotopic (exact) mass is 508 g/mol. The van der Waals surface area contributed by atoms with Gasteiger partial charge in [-0.25, -0.2) is 4.79 Å². The highest BCUT2D eigenvalue weighted by Gasteiger charge is 2.56. The highest BCUT2D eigenvalue weighted by atomic mass is 16.7. The highest BCUT2D eigenvalue weighted by Crippen LogP contribution is 2.36. The molecule has 1 unspecified atom stereocenters. The number of hydrogen-bond donors (Lipinski definition) is 0. The quantitative estimate of drug-likeness (QED) is 0.361. The normalized spacial score (nSPS) is 29.9. The summed E-state index contributed by atoms with van der Waals surface area (Å²) in [5.74, 6) is -3.78. The van der Waals surface area contributed by atoms with Gasteiger partial charge in [0.25, 0.3) is 5.91 Å². The first kappa shape index (κ1) is 27.0. The van der Waals surface area contributed by atoms with Crippen LogP contribution in [0, 0.1) is 0 Å². The van der Waals surface area contributed by atoms with Crippen LogP contribution in [0.25, 0.3) is 0 Å². The molecular weight excluding hydrogens is 480 g/mol. The van der Waals surface area contributed by atoms with E-state index >= 15 is 0 Å². The summed E-state index contributed by atoms with van der Waals surface area (Å²) >= 11 is 0. The van der Waals surface area contributed by atoms with Crippen molar-refractivity contribution in [2.24, 2.45) is 0 Å². The molecule has 0 aromatic carbocycles. The fourth-order valence-electron chi connectivity index (χ4n) is 4.24. The number of ether oxygens (including phenoxy) is 6. The summed E-state index contributed by atoms with van der Waals surface area (Å²) in [4.78, 5) is 66.7. The average Bonchev–Trinajstić information content (AvgIpc) is 3.10. The van der Waals surface area contributed by atoms with E-state index in [0.29, 0.717) is 0 Å². The van der Waals surface area contributed by atoms with Gasteiger partial charge in [0.2, 0.25) is 6.29 Å². The molecule has 13 nitrogen and oxygen atoms in total. The van der Waals surface area contributed by atoms with Crippen molar-refractivity contribution < 1.29 is 52.4 Å². The third-order valence-corrected chi connectivity index (χ3v) is 5.73. The van der Waals surface area contributed by atoms with Crippen LogP contribution in [0.15, 0.2) is 24.5 Å². The molecule has 0 N–H and O–H groups in total. The standard InChI is InChI=1S/C23H28N2O11/c1-11(26)32-17-18(33-12(2)27)20(34-13(3)28)23(36-19(17)22(30)31-5)35-16-9-15(25(4)21(16)29)14-7-6-8-24-10-14/h6-8,10,15-20,23H,9H2,1-5H3/t15-,16+,17-,18-,19?,20-,23+/m0/s1. The maximum Gasteiger partial charge on any atom is 0.339 e. The number of rotatable bonds is 7. The van der Waals surface area contributed by atoms with Crippen molar-refractivity contribution in [3.05, 3.63) is 30.1 Å². The number of aromatic nitrogens is 1. The minimum Gasteiger partial charge on any atom is -0.467 e. The van der Waals surface area contributed by atoms with Gasteiger partial charge >= 0.3 is 23.9 Å². The van der Waals surface area contributed by atoms with Gasteiger partial charge in [0.05, 0.1) is 13.2 Å². The number of hydrogen-bond acceptors (Lipinski definition) is 12. The molecule has 0 aliphatic carbocycles. The Balaban J connectivity index is 1.95. The van der Waals surface area contributed by atoms with E-state index in [9.17, 15) is 24.0 Å². The Bertz CT molecular complexity index is 1000. The number of amides is 1. The lowest BCUT2D eigenvalue weighted by Crippen LogP contribution is -2.64. The average molecular weight is 508 g/mol. The van der Waals surface area contributed by atoms with Crippen LogP contribution in [0.2, 0.25) is 0 Å². The smallest absolute Gasteiger partial charge is 0.339 e. The Morgan fingerprint density at radius 1 is 1.00 bits per heavy atom. The van der Waals surface area contributed by atoms with E-state index in [1.165, 1.54) is 4.90 Å². The molecule has 1 aromatic heterocycles. The Morgan fingerprint density at radius 2 is 1.61 bits per heavy atom. The number of likely N-dealkylation sites (N-methyl/N-ethyl adjacent to an activating group) is 1. The van der Waals surface area contributed by atoms with Crippen LogP contribution in [0.1, 0.15) is 38.8 Å². The fourth-order valence-corrected chi connectivity index (χ4v) is 4.24. The highest BCUT2D eigenvalue weighted by molar-refractivity contribution is 5.83. The second-order valence-corrected chi connectivity index (χ2v) is 8.28. The Kier molecular flexibility index (Phi) is 8.58. The van der Waals surface area contributed by atoms with Crippen molar-refractivity contribution in [3.63, 3.8) is 0 Å². The zero-order valence-corrected chi connectivity index (χ0v) is 20.4. The van der Waals surface area contributed by atoms with E-state index in [0.717, 1.165) is 33.4 Å². The second kappa shape index (κ2) is 11.4. The molecule has 13 heteroatoms. The molecule has 1 aromatic rings. The van der Waals surface area contributed by atoms with E-state index in [1.807, 2.05) is 6.07 Å². The fraction of sp³-hybridized carbons (Fsp3) is 0.565. The molecule has 3 heterocycles. The van der Waals surface area contributed by atoms with Crippen LogP contribution < -0.4 is 0 Å². The maximum absolute atomic E-state index is 13.0. The molecule has 196 valence electrons. The summed E-state index contributed by atoms with van der Waals surface area (Å²) in [7, 11) is 2.68. The van der Waals surface area contributed by atoms with Crippen molar-refractivity contribution in [1.82, 2.24) is 9.88 Å². The van der Waals surface area contributed by atoms with Crippen LogP contribution in [-0.4, -0.2) is 90.6 Å². The second-order valence-electron chi connectivity index (χ2n) is 8.28. The number of nitrogens with zero attached hydrogens (tertiary/aromatic N) is 2. The lowest BCUT2D eigenvalue weighted by atomic mass is 9.97. The van der Waals surface area contributed by atoms with E-state index in [2.05, 4.69) is 4.98 Å². The molecule has 36 heavy (non-hydrogen) atoms. The summed E-state index contributed by atoms with van der Waals surface area (Å²) in [5, 5.41) is 0. The Labute approximate surface area is 206 Å². The van der Waals surface area contributed by atoms with Crippen molar-refractivity contribution in [2.45, 2.75) is 70.0 Å². The summed E-state index contributed by atoms with van der Waals surface area (Å²) in [5.41, 5.74) is 0.778. The number of esters is 4. The van der Waals surface area contributed by atoms with Gasteiger partial charge in [0.15, 0.2) is 24.4 Å². The number of carbonyl (C=O) groups is 5. The maximum atomic E-state index is 13.0. The SMILES string of the molecule is COC(=O)C1O[C@@H](O[C@@H]2C[C@@H](c3cccnc3)N(C)C2=O)[C@@H](OC(C)=O)[C@@H](OC(C)=O)[C@@H]1OC(C)=O. The van der Waals surface area contributed by atoms with Crippen LogP contribution in [0.4, 0.5) is 0 Å². The Hall–Kier alpha value is -3.58. The molecule has 7 atom stereocenters. The Morgan fingerprint density at radius 3 is 2.17 bits per heavy atom. The minimum atomic E-state index is -1.61. The minimum absolute atomic E-state index is 0.197. The van der Waals surface area contributed by atoms with Crippen LogP contribution in [-0.2, 0) is 52.4 Å². The topological polar surface area (TPSA) is 157 Å². The molecular formula is C23H28N2O11. The van der Waals surface area contributed by atoms with E-state index in [1.54, 1.807) is 25.5 Å². The first-order chi connectivity index (χ1) is 17.0. The third-order valence-electron chi connectivity index (χ3n) is 5.73. The molecule has 0 spiro atoms. The molecule has 0 saturated carbocycles. The van der Waals surface area contributed by atoms with Gasteiger partial charge in [0.1, 0.15) is 6.10 Å². The number of carbonyl (C=O) groups excluding carboxylic acids is 5. The summed E-state index contributed by atoms with van der Waals surface area (Å²) in [6, 6.07) is 3.19. The van der Waals surface area contributed by atoms with Gasteiger partial charge in [-0.3, -0.25) is 24.2 Å². The van der Waals surface area contributed by atoms with Crippen molar-refractivity contribution in [1.29, 1.82) is 0 Å². The predicted molar refractivity (Wildman–Crippen MR) is 117 cm³/mol. The van der Waals surface area contributed by atoms with Gasteiger partial charge in [-0.1, -0.05) is 6.07 Å². The van der Waals surface area contributed by atoms with Crippen molar-refractivity contribution >= 4 is 29.8 Å². The van der Waals surface area contributed by atoms with E-state index in [-0.39, 0.29) is 12.5 Å². The van der Waals surface area contributed by atoms with Crippen LogP contribution in [0.3, 0.4) is 0 Å². The number of methoxy groups -OCH3 is 1. The summed E-state index contributed by atoms with van der Waals surface area (Å²) in [6.45, 7) is 3.26. The zero-order chi connectivity index (χ0) is 26.6. The number of pyridine rings is 1. The van der Waals surface area contributed by atoms with Crippen molar-refractivity contribution in [2.75, 3.05) is 14.2 Å². The third kappa shape index (κ3) is 5.97. The van der Waals surface area contributed by atoms with Gasteiger partial charge < -0.3 is 33.3 Å². The van der Waals surface area contributed by atoms with E-state index in [4.69, 9.17) is 28.4 Å². The van der Waals surface area contributed by atoms with Gasteiger partial charge in [-0.15, -0.1) is 0 Å². The summed E-state index contributed by atoms with van der Waals surface area (Å²) in [6.07, 6.45) is -5.29. The predicted octanol–water partition coefficient (Wildman–Crippen LogP) is 0.0630. The van der Waals surface area contributed by atoms with Gasteiger partial charge in [-0.05, 0) is 11.6 Å². The van der Waals surface area contributed by atoms with Gasteiger partial charge in [0, 0.05) is 46.6 Å². The zero-order valence-electron chi connectivity index (χ0n) is 20.4. The molecule has 0 bridgehead atoms. The molecule has 0 radical (unpaired) electrons. The van der Waals surface area contributed by atoms with Crippen LogP contribution >= 0.6 is 0 Å². The molecule has 2 saturated heterocycles. The molecule has 1 amide bonds. The number of likely N-dealkylation sites (tertiary alicyclic amines) is 1. The van der Waals surface area contributed by atoms with E-state index < -0.39 is 66.6 Å². The first-order valence-corrected chi connectivity index (χ1v) is 11.1. The van der Waals surface area contributed by atoms with Crippen LogP contribution in [0.5, 0.6) is 0 Å².